The first-order valence-corrected chi connectivity index (χ1v) is 11.9. The van der Waals surface area contributed by atoms with E-state index in [1.807, 2.05) is 6.07 Å². The number of fused-ring (bicyclic) bond motifs is 1. The SMILES string of the molecule is CN(C)[C@H]1CCN(c2ccc3c(C(=O)NCC4(O)CCCC(C(F)(F)F)C4)c(Cl)ccc3n2)C1. The van der Waals surface area contributed by atoms with Gasteiger partial charge in [-0.05, 0) is 70.5 Å². The number of nitrogens with zero attached hydrogens (tertiary/aromatic N) is 3. The number of alkyl halides is 3. The van der Waals surface area contributed by atoms with Crippen LogP contribution in [0.3, 0.4) is 0 Å². The third-order valence-electron chi connectivity index (χ3n) is 7.11. The second-order valence-electron chi connectivity index (χ2n) is 9.75. The van der Waals surface area contributed by atoms with Crippen molar-refractivity contribution in [3.63, 3.8) is 0 Å². The highest BCUT2D eigenvalue weighted by molar-refractivity contribution is 6.35. The molecule has 2 N–H and O–H groups in total. The van der Waals surface area contributed by atoms with E-state index in [4.69, 9.17) is 16.6 Å². The molecule has 1 aliphatic carbocycles. The average molecular weight is 499 g/mol. The zero-order chi connectivity index (χ0) is 24.7. The molecule has 1 aliphatic heterocycles. The quantitative estimate of drug-likeness (QED) is 0.645. The van der Waals surface area contributed by atoms with E-state index in [2.05, 4.69) is 29.2 Å². The van der Waals surface area contributed by atoms with Gasteiger partial charge in [-0.1, -0.05) is 11.6 Å². The Balaban J connectivity index is 1.51. The fraction of sp³-hybridized carbons (Fsp3) is 0.583. The standard InChI is InChI=1S/C24H30ClF3N4O2/c1-31(2)16-9-11-32(13-16)20-8-5-17-19(30-20)7-6-18(25)21(17)22(33)29-14-23(34)10-3-4-15(12-23)24(26,27)28/h5-8,15-16,34H,3-4,9-14H2,1-2H3,(H,29,33)/t15?,16-,23?/m0/s1. The molecular formula is C24H30ClF3N4O2. The number of hydrogen-bond acceptors (Lipinski definition) is 5. The van der Waals surface area contributed by atoms with E-state index >= 15 is 0 Å². The van der Waals surface area contributed by atoms with Gasteiger partial charge in [0.25, 0.3) is 5.91 Å². The van der Waals surface area contributed by atoms with Crippen LogP contribution >= 0.6 is 11.6 Å². The maximum atomic E-state index is 13.2. The molecule has 6 nitrogen and oxygen atoms in total. The summed E-state index contributed by atoms with van der Waals surface area (Å²) in [6.45, 7) is 1.49. The van der Waals surface area contributed by atoms with Gasteiger partial charge >= 0.3 is 6.18 Å². The van der Waals surface area contributed by atoms with Crippen LogP contribution in [0.2, 0.25) is 5.02 Å². The molecule has 2 unspecified atom stereocenters. The predicted molar refractivity (Wildman–Crippen MR) is 126 cm³/mol. The number of nitrogens with one attached hydrogen (secondary N) is 1. The van der Waals surface area contributed by atoms with Gasteiger partial charge in [-0.15, -0.1) is 0 Å². The van der Waals surface area contributed by atoms with Crippen molar-refractivity contribution < 1.29 is 23.1 Å². The highest BCUT2D eigenvalue weighted by Gasteiger charge is 2.47. The summed E-state index contributed by atoms with van der Waals surface area (Å²) in [6, 6.07) is 7.45. The smallest absolute Gasteiger partial charge is 0.388 e. The summed E-state index contributed by atoms with van der Waals surface area (Å²) >= 11 is 6.34. The Labute approximate surface area is 202 Å². The number of hydrogen-bond donors (Lipinski definition) is 2. The molecule has 1 saturated carbocycles. The first kappa shape index (κ1) is 25.0. The van der Waals surface area contributed by atoms with Gasteiger partial charge in [-0.25, -0.2) is 4.98 Å². The van der Waals surface area contributed by atoms with Crippen molar-refractivity contribution >= 4 is 34.2 Å². The number of amides is 1. The second kappa shape index (κ2) is 9.51. The molecule has 2 fully saturated rings. The Morgan fingerprint density at radius 1 is 1.29 bits per heavy atom. The van der Waals surface area contributed by atoms with Gasteiger partial charge < -0.3 is 20.2 Å². The summed E-state index contributed by atoms with van der Waals surface area (Å²) < 4.78 is 39.5. The summed E-state index contributed by atoms with van der Waals surface area (Å²) in [5.41, 5.74) is -0.790. The minimum absolute atomic E-state index is 0.00474. The molecule has 34 heavy (non-hydrogen) atoms. The van der Waals surface area contributed by atoms with Crippen molar-refractivity contribution in [2.45, 2.75) is 49.9 Å². The molecule has 1 amide bonds. The number of aromatic nitrogens is 1. The molecule has 0 radical (unpaired) electrons. The van der Waals surface area contributed by atoms with Crippen LogP contribution in [0.5, 0.6) is 0 Å². The molecule has 1 aromatic carbocycles. The van der Waals surface area contributed by atoms with E-state index in [0.29, 0.717) is 16.9 Å². The Morgan fingerprint density at radius 3 is 2.74 bits per heavy atom. The van der Waals surface area contributed by atoms with Crippen molar-refractivity contribution in [2.24, 2.45) is 5.92 Å². The largest absolute Gasteiger partial charge is 0.391 e. The van der Waals surface area contributed by atoms with Gasteiger partial charge in [-0.2, -0.15) is 13.2 Å². The van der Waals surface area contributed by atoms with Crippen LogP contribution in [-0.4, -0.2) is 72.4 Å². The van der Waals surface area contributed by atoms with E-state index in [0.717, 1.165) is 25.3 Å². The average Bonchev–Trinajstić information content (AvgIpc) is 3.27. The number of pyridine rings is 1. The van der Waals surface area contributed by atoms with Crippen LogP contribution in [0.15, 0.2) is 24.3 Å². The van der Waals surface area contributed by atoms with Crippen LogP contribution in [0, 0.1) is 5.92 Å². The number of rotatable bonds is 5. The molecule has 4 rings (SSSR count). The van der Waals surface area contributed by atoms with E-state index in [9.17, 15) is 23.1 Å². The lowest BCUT2D eigenvalue weighted by molar-refractivity contribution is -0.199. The van der Waals surface area contributed by atoms with Crippen molar-refractivity contribution in [1.29, 1.82) is 0 Å². The molecule has 10 heteroatoms. The Hall–Kier alpha value is -2.10. The molecule has 0 spiro atoms. The highest BCUT2D eigenvalue weighted by Crippen LogP contribution is 2.41. The number of anilines is 1. The number of carbonyl (C=O) groups is 1. The number of likely N-dealkylation sites (N-methyl/N-ethyl adjacent to an activating group) is 1. The van der Waals surface area contributed by atoms with Crippen molar-refractivity contribution in [2.75, 3.05) is 38.6 Å². The van der Waals surface area contributed by atoms with E-state index in [1.165, 1.54) is 0 Å². The molecule has 3 atom stereocenters. The Morgan fingerprint density at radius 2 is 2.06 bits per heavy atom. The third-order valence-corrected chi connectivity index (χ3v) is 7.43. The van der Waals surface area contributed by atoms with Gasteiger partial charge in [0.1, 0.15) is 5.82 Å². The molecule has 186 valence electrons. The minimum Gasteiger partial charge on any atom is -0.388 e. The molecule has 2 aliphatic rings. The van der Waals surface area contributed by atoms with Crippen molar-refractivity contribution in [3.05, 3.63) is 34.9 Å². The number of aliphatic hydroxyl groups is 1. The van der Waals surface area contributed by atoms with Crippen molar-refractivity contribution in [1.82, 2.24) is 15.2 Å². The highest BCUT2D eigenvalue weighted by atomic mass is 35.5. The first-order chi connectivity index (χ1) is 16.0. The predicted octanol–water partition coefficient (Wildman–Crippen LogP) is 4.24. The van der Waals surface area contributed by atoms with E-state index in [-0.39, 0.29) is 36.4 Å². The van der Waals surface area contributed by atoms with E-state index < -0.39 is 30.0 Å². The monoisotopic (exact) mass is 498 g/mol. The van der Waals surface area contributed by atoms with Gasteiger partial charge in [0.15, 0.2) is 0 Å². The summed E-state index contributed by atoms with van der Waals surface area (Å²) in [6.07, 6.45) is -3.28. The lowest BCUT2D eigenvalue weighted by atomic mass is 9.77. The molecule has 2 heterocycles. The van der Waals surface area contributed by atoms with Crippen LogP contribution in [-0.2, 0) is 0 Å². The molecule has 1 aromatic heterocycles. The third kappa shape index (κ3) is 5.26. The zero-order valence-corrected chi connectivity index (χ0v) is 20.1. The van der Waals surface area contributed by atoms with Crippen molar-refractivity contribution in [3.8, 4) is 0 Å². The van der Waals surface area contributed by atoms with Crippen LogP contribution < -0.4 is 10.2 Å². The summed E-state index contributed by atoms with van der Waals surface area (Å²) in [4.78, 5) is 22.2. The van der Waals surface area contributed by atoms with Crippen LogP contribution in [0.1, 0.15) is 42.5 Å². The molecule has 2 aromatic rings. The Bertz CT molecular complexity index is 1060. The van der Waals surface area contributed by atoms with Gasteiger partial charge in [0, 0.05) is 31.1 Å². The lowest BCUT2D eigenvalue weighted by Gasteiger charge is -2.37. The number of benzene rings is 1. The summed E-state index contributed by atoms with van der Waals surface area (Å²) in [7, 11) is 4.12. The maximum absolute atomic E-state index is 13.2. The van der Waals surface area contributed by atoms with E-state index in [1.54, 1.807) is 18.2 Å². The topological polar surface area (TPSA) is 68.7 Å². The lowest BCUT2D eigenvalue weighted by Crippen LogP contribution is -2.48. The number of carbonyl (C=O) groups excluding carboxylic acids is 1. The van der Waals surface area contributed by atoms with Gasteiger partial charge in [-0.3, -0.25) is 4.79 Å². The molecular weight excluding hydrogens is 469 g/mol. The normalized spacial score (nSPS) is 25.8. The van der Waals surface area contributed by atoms with Crippen LogP contribution in [0.25, 0.3) is 10.9 Å². The van der Waals surface area contributed by atoms with Gasteiger partial charge in [0.05, 0.1) is 27.6 Å². The zero-order valence-electron chi connectivity index (χ0n) is 19.3. The van der Waals surface area contributed by atoms with Crippen LogP contribution in [0.4, 0.5) is 19.0 Å². The fourth-order valence-electron chi connectivity index (χ4n) is 5.06. The minimum atomic E-state index is -4.36. The summed E-state index contributed by atoms with van der Waals surface area (Å²) in [5.74, 6) is -1.29. The molecule has 0 bridgehead atoms. The maximum Gasteiger partial charge on any atom is 0.391 e. The van der Waals surface area contributed by atoms with Gasteiger partial charge in [0.2, 0.25) is 0 Å². The fourth-order valence-corrected chi connectivity index (χ4v) is 5.31. The molecule has 1 saturated heterocycles. The number of halogens is 4. The first-order valence-electron chi connectivity index (χ1n) is 11.5. The summed E-state index contributed by atoms with van der Waals surface area (Å²) in [5, 5.41) is 14.1. The Kier molecular flexibility index (Phi) is 6.99. The second-order valence-corrected chi connectivity index (χ2v) is 10.2.